The van der Waals surface area contributed by atoms with Crippen molar-refractivity contribution in [3.63, 3.8) is 0 Å². The second-order valence-corrected chi connectivity index (χ2v) is 15.6. The van der Waals surface area contributed by atoms with Crippen LogP contribution < -0.4 is 9.64 Å². The summed E-state index contributed by atoms with van der Waals surface area (Å²) in [6.45, 7) is 0. The zero-order chi connectivity index (χ0) is 38.7. The van der Waals surface area contributed by atoms with Gasteiger partial charge in [-0.1, -0.05) is 133 Å². The topological polar surface area (TPSA) is 30.5 Å². The molecule has 0 unspecified atom stereocenters. The number of para-hydroxylation sites is 4. The first-order chi connectivity index (χ1) is 29.3. The number of hydrogen-bond acceptors (Lipinski definition) is 3. The molecule has 0 N–H and O–H groups in total. The van der Waals surface area contributed by atoms with Crippen LogP contribution in [-0.4, -0.2) is 4.57 Å². The Morgan fingerprint density at radius 1 is 0.407 bits per heavy atom. The normalized spacial score (nSPS) is 13.4. The molecule has 59 heavy (non-hydrogen) atoms. The van der Waals surface area contributed by atoms with Crippen LogP contribution >= 0.6 is 0 Å². The molecule has 1 aliphatic heterocycles. The average Bonchev–Trinajstić information content (AvgIpc) is 3.93. The van der Waals surface area contributed by atoms with Gasteiger partial charge < -0.3 is 18.6 Å². The molecule has 4 heteroatoms. The third-order valence-corrected chi connectivity index (χ3v) is 12.6. The SMILES string of the molecule is c1cc(N(c2ccc3c(c2)oc2ccccc23)c2cccc3c2C2(c4ccccc4O3)c3ccccc3-c3ccccc32)cc(-n2c3ccccc3c3ccccc32)c1. The lowest BCUT2D eigenvalue weighted by Gasteiger charge is -2.42. The van der Waals surface area contributed by atoms with E-state index in [1.807, 2.05) is 12.1 Å². The Hall–Kier alpha value is -7.82. The van der Waals surface area contributed by atoms with Crippen molar-refractivity contribution in [3.05, 3.63) is 229 Å². The van der Waals surface area contributed by atoms with Crippen LogP contribution in [0.1, 0.15) is 22.3 Å². The first-order valence-electron chi connectivity index (χ1n) is 20.2. The fourth-order valence-electron chi connectivity index (χ4n) is 10.3. The molecule has 3 heterocycles. The molecule has 9 aromatic carbocycles. The third kappa shape index (κ3) is 4.37. The van der Waals surface area contributed by atoms with Crippen LogP contribution in [0.3, 0.4) is 0 Å². The van der Waals surface area contributed by atoms with Gasteiger partial charge in [0.05, 0.1) is 22.1 Å². The van der Waals surface area contributed by atoms with Gasteiger partial charge in [0.2, 0.25) is 0 Å². The second-order valence-electron chi connectivity index (χ2n) is 15.6. The highest BCUT2D eigenvalue weighted by Gasteiger charge is 2.52. The largest absolute Gasteiger partial charge is 0.457 e. The summed E-state index contributed by atoms with van der Waals surface area (Å²) in [4.78, 5) is 2.41. The number of aromatic nitrogens is 1. The van der Waals surface area contributed by atoms with E-state index in [2.05, 4.69) is 204 Å². The van der Waals surface area contributed by atoms with Gasteiger partial charge in [0, 0.05) is 55.8 Å². The Morgan fingerprint density at radius 2 is 0.983 bits per heavy atom. The van der Waals surface area contributed by atoms with Gasteiger partial charge in [-0.15, -0.1) is 0 Å². The van der Waals surface area contributed by atoms with Crippen molar-refractivity contribution in [1.29, 1.82) is 0 Å². The molecule has 0 atom stereocenters. The van der Waals surface area contributed by atoms with Crippen LogP contribution in [-0.2, 0) is 5.41 Å². The Kier molecular flexibility index (Phi) is 6.62. The molecule has 0 radical (unpaired) electrons. The number of fused-ring (bicyclic) bond motifs is 15. The Balaban J connectivity index is 1.13. The summed E-state index contributed by atoms with van der Waals surface area (Å²) in [5, 5.41) is 4.66. The minimum absolute atomic E-state index is 0.667. The number of furan rings is 1. The van der Waals surface area contributed by atoms with E-state index >= 15 is 0 Å². The van der Waals surface area contributed by atoms with Crippen LogP contribution in [0, 0.1) is 0 Å². The standard InChI is InChI=1S/C55H34N2O2/c1-6-22-44-38(17-1)39-18-2-7-23-45(39)55(44)46-24-8-12-29-51(46)59-52-30-14-27-49(54(52)55)56(37-31-32-43-42-21-5-11-28-50(42)58-53(43)34-37)35-15-13-16-36(33-35)57-47-25-9-3-19-40(47)41-20-4-10-26-48(41)57/h1-34H. The van der Waals surface area contributed by atoms with E-state index < -0.39 is 5.41 Å². The predicted octanol–water partition coefficient (Wildman–Crippen LogP) is 14.6. The van der Waals surface area contributed by atoms with Crippen molar-refractivity contribution < 1.29 is 9.15 Å². The zero-order valence-electron chi connectivity index (χ0n) is 31.8. The maximum atomic E-state index is 7.00. The van der Waals surface area contributed by atoms with Crippen molar-refractivity contribution >= 4 is 60.8 Å². The van der Waals surface area contributed by atoms with Gasteiger partial charge in [-0.05, 0) is 89.0 Å². The van der Waals surface area contributed by atoms with Gasteiger partial charge in [0.15, 0.2) is 0 Å². The minimum Gasteiger partial charge on any atom is -0.457 e. The number of rotatable bonds is 4. The first kappa shape index (κ1) is 32.3. The smallest absolute Gasteiger partial charge is 0.137 e. The van der Waals surface area contributed by atoms with Crippen molar-refractivity contribution in [1.82, 2.24) is 4.57 Å². The van der Waals surface area contributed by atoms with Crippen molar-refractivity contribution in [2.75, 3.05) is 4.90 Å². The Bertz CT molecular complexity index is 3420. The summed E-state index contributed by atoms with van der Waals surface area (Å²) >= 11 is 0. The van der Waals surface area contributed by atoms with Crippen LogP contribution in [0.5, 0.6) is 11.5 Å². The van der Waals surface area contributed by atoms with E-state index in [1.165, 1.54) is 44.1 Å². The van der Waals surface area contributed by atoms with E-state index in [0.717, 1.165) is 67.3 Å². The second kappa shape index (κ2) is 12.1. The summed E-state index contributed by atoms with van der Waals surface area (Å²) in [5.74, 6) is 1.70. The molecule has 0 fully saturated rings. The molecule has 1 spiro atoms. The van der Waals surface area contributed by atoms with Crippen molar-refractivity contribution in [3.8, 4) is 28.3 Å². The van der Waals surface area contributed by atoms with Crippen LogP contribution in [0.25, 0.3) is 60.6 Å². The molecule has 11 aromatic rings. The lowest BCUT2D eigenvalue weighted by molar-refractivity contribution is 0.437. The molecule has 0 bridgehead atoms. The summed E-state index contributed by atoms with van der Waals surface area (Å²) < 4.78 is 16.0. The first-order valence-corrected chi connectivity index (χ1v) is 20.2. The highest BCUT2D eigenvalue weighted by atomic mass is 16.5. The quantitative estimate of drug-likeness (QED) is 0.179. The third-order valence-electron chi connectivity index (χ3n) is 12.6. The van der Waals surface area contributed by atoms with Gasteiger partial charge in [-0.25, -0.2) is 0 Å². The molecule has 0 saturated carbocycles. The van der Waals surface area contributed by atoms with Crippen LogP contribution in [0.2, 0.25) is 0 Å². The van der Waals surface area contributed by atoms with E-state index in [1.54, 1.807) is 0 Å². The van der Waals surface area contributed by atoms with Gasteiger partial charge in [0.1, 0.15) is 22.7 Å². The maximum absolute atomic E-state index is 7.00. The number of benzene rings is 9. The molecular weight excluding hydrogens is 721 g/mol. The Morgan fingerprint density at radius 3 is 1.75 bits per heavy atom. The van der Waals surface area contributed by atoms with Crippen LogP contribution in [0.15, 0.2) is 211 Å². The number of ether oxygens (including phenoxy) is 1. The van der Waals surface area contributed by atoms with Crippen molar-refractivity contribution in [2.45, 2.75) is 5.41 Å². The number of anilines is 3. The molecule has 2 aromatic heterocycles. The zero-order valence-corrected chi connectivity index (χ0v) is 31.8. The van der Waals surface area contributed by atoms with Crippen molar-refractivity contribution in [2.24, 2.45) is 0 Å². The molecule has 1 aliphatic carbocycles. The molecule has 4 nitrogen and oxygen atoms in total. The van der Waals surface area contributed by atoms with E-state index in [-0.39, 0.29) is 0 Å². The highest BCUT2D eigenvalue weighted by Crippen LogP contribution is 2.64. The molecule has 2 aliphatic rings. The van der Waals surface area contributed by atoms with E-state index in [9.17, 15) is 0 Å². The Labute approximate surface area is 340 Å². The highest BCUT2D eigenvalue weighted by molar-refractivity contribution is 6.09. The monoisotopic (exact) mass is 754 g/mol. The number of hydrogen-bond donors (Lipinski definition) is 0. The predicted molar refractivity (Wildman–Crippen MR) is 240 cm³/mol. The summed E-state index contributed by atoms with van der Waals surface area (Å²) in [6.07, 6.45) is 0. The molecule has 0 saturated heterocycles. The fourth-order valence-corrected chi connectivity index (χ4v) is 10.3. The van der Waals surface area contributed by atoms with Gasteiger partial charge in [0.25, 0.3) is 0 Å². The maximum Gasteiger partial charge on any atom is 0.137 e. The minimum atomic E-state index is -0.667. The lowest BCUT2D eigenvalue weighted by atomic mass is 9.65. The van der Waals surface area contributed by atoms with Gasteiger partial charge >= 0.3 is 0 Å². The fraction of sp³-hybridized carbons (Fsp3) is 0.0182. The molecule has 13 rings (SSSR count). The molecule has 0 amide bonds. The summed E-state index contributed by atoms with van der Waals surface area (Å²) in [7, 11) is 0. The number of nitrogens with zero attached hydrogens (tertiary/aromatic N) is 2. The average molecular weight is 755 g/mol. The van der Waals surface area contributed by atoms with Crippen LogP contribution in [0.4, 0.5) is 17.1 Å². The van der Waals surface area contributed by atoms with Gasteiger partial charge in [-0.3, -0.25) is 0 Å². The summed E-state index contributed by atoms with van der Waals surface area (Å²) in [5.41, 5.74) is 14.7. The lowest BCUT2D eigenvalue weighted by Crippen LogP contribution is -2.34. The van der Waals surface area contributed by atoms with E-state index in [4.69, 9.17) is 9.15 Å². The molecule has 276 valence electrons. The van der Waals surface area contributed by atoms with E-state index in [0.29, 0.717) is 0 Å². The molecular formula is C55H34N2O2. The van der Waals surface area contributed by atoms with Gasteiger partial charge in [-0.2, -0.15) is 0 Å². The summed E-state index contributed by atoms with van der Waals surface area (Å²) in [6, 6.07) is 74.2.